The predicted octanol–water partition coefficient (Wildman–Crippen LogP) is 3.30. The van der Waals surface area contributed by atoms with Gasteiger partial charge in [-0.2, -0.15) is 0 Å². The van der Waals surface area contributed by atoms with Crippen LogP contribution in [0.2, 0.25) is 0 Å². The molecule has 1 unspecified atom stereocenters. The number of ether oxygens (including phenoxy) is 3. The molecule has 1 aromatic carbocycles. The molecule has 0 bridgehead atoms. The SMILES string of the molecule is CCOC(=O)C1(C(O)OCC)CC(CCCOCc2ccccc2)C1. The highest BCUT2D eigenvalue weighted by atomic mass is 16.6. The molecule has 1 fully saturated rings. The van der Waals surface area contributed by atoms with Gasteiger partial charge in [0.25, 0.3) is 0 Å². The van der Waals surface area contributed by atoms with E-state index in [0.29, 0.717) is 45.2 Å². The van der Waals surface area contributed by atoms with Crippen molar-refractivity contribution in [3.05, 3.63) is 35.9 Å². The summed E-state index contributed by atoms with van der Waals surface area (Å²) in [6.45, 7) is 5.60. The van der Waals surface area contributed by atoms with E-state index >= 15 is 0 Å². The molecule has 5 heteroatoms. The smallest absolute Gasteiger partial charge is 0.317 e. The first kappa shape index (κ1) is 19.9. The minimum absolute atomic E-state index is 0.317. The van der Waals surface area contributed by atoms with Gasteiger partial charge in [0, 0.05) is 13.2 Å². The fraction of sp³-hybridized carbons (Fsp3) is 0.650. The third-order valence-corrected chi connectivity index (χ3v) is 4.80. The summed E-state index contributed by atoms with van der Waals surface area (Å²) in [7, 11) is 0. The second kappa shape index (κ2) is 9.90. The molecule has 0 aliphatic heterocycles. The molecule has 1 atom stereocenters. The minimum Gasteiger partial charge on any atom is -0.465 e. The van der Waals surface area contributed by atoms with Crippen molar-refractivity contribution >= 4 is 5.97 Å². The zero-order valence-corrected chi connectivity index (χ0v) is 15.3. The van der Waals surface area contributed by atoms with Crippen LogP contribution in [0.3, 0.4) is 0 Å². The zero-order chi connectivity index (χ0) is 18.1. The molecule has 25 heavy (non-hydrogen) atoms. The normalized spacial score (nSPS) is 23.7. The van der Waals surface area contributed by atoms with Crippen molar-refractivity contribution in [3.63, 3.8) is 0 Å². The Balaban J connectivity index is 1.70. The average Bonchev–Trinajstić information content (AvgIpc) is 2.57. The second-order valence-corrected chi connectivity index (χ2v) is 6.64. The molecule has 0 amide bonds. The Kier molecular flexibility index (Phi) is 7.88. The minimum atomic E-state index is -1.08. The number of hydrogen-bond acceptors (Lipinski definition) is 5. The Morgan fingerprint density at radius 2 is 1.96 bits per heavy atom. The number of aliphatic hydroxyl groups is 1. The number of rotatable bonds is 11. The van der Waals surface area contributed by atoms with E-state index in [1.54, 1.807) is 6.92 Å². The molecule has 1 saturated carbocycles. The van der Waals surface area contributed by atoms with Crippen molar-refractivity contribution in [1.82, 2.24) is 0 Å². The maximum atomic E-state index is 12.3. The number of benzene rings is 1. The van der Waals surface area contributed by atoms with Gasteiger partial charge in [0.15, 0.2) is 6.29 Å². The van der Waals surface area contributed by atoms with E-state index in [0.717, 1.165) is 12.8 Å². The van der Waals surface area contributed by atoms with Crippen molar-refractivity contribution in [2.24, 2.45) is 11.3 Å². The van der Waals surface area contributed by atoms with Crippen LogP contribution < -0.4 is 0 Å². The molecule has 1 aliphatic rings. The molecule has 2 rings (SSSR count). The molecule has 0 aromatic heterocycles. The maximum Gasteiger partial charge on any atom is 0.317 e. The predicted molar refractivity (Wildman–Crippen MR) is 94.8 cm³/mol. The third kappa shape index (κ3) is 5.27. The average molecular weight is 350 g/mol. The van der Waals surface area contributed by atoms with Gasteiger partial charge in [0.2, 0.25) is 0 Å². The Bertz CT molecular complexity index is 510. The van der Waals surface area contributed by atoms with Crippen LogP contribution in [-0.2, 0) is 25.6 Å². The lowest BCUT2D eigenvalue weighted by Gasteiger charge is -2.47. The molecule has 0 spiro atoms. The highest BCUT2D eigenvalue weighted by Gasteiger charge is 2.56. The molecule has 0 heterocycles. The molecular weight excluding hydrogens is 320 g/mol. The number of esters is 1. The number of carbonyl (C=O) groups is 1. The van der Waals surface area contributed by atoms with Gasteiger partial charge in [-0.25, -0.2) is 0 Å². The standard InChI is InChI=1S/C20H30O5/c1-3-24-18(21)20(19(22)25-4-2)13-17(14-20)11-8-12-23-15-16-9-6-5-7-10-16/h5-7,9-10,17-18,21H,3-4,8,11-15H2,1-2H3. The van der Waals surface area contributed by atoms with Crippen molar-refractivity contribution in [2.45, 2.75) is 52.4 Å². The summed E-state index contributed by atoms with van der Waals surface area (Å²) >= 11 is 0. The monoisotopic (exact) mass is 350 g/mol. The Hall–Kier alpha value is -1.43. The topological polar surface area (TPSA) is 65.0 Å². The lowest BCUT2D eigenvalue weighted by Crippen LogP contribution is -2.54. The molecule has 1 aromatic rings. The van der Waals surface area contributed by atoms with E-state index < -0.39 is 11.7 Å². The summed E-state index contributed by atoms with van der Waals surface area (Å²) in [4.78, 5) is 12.3. The summed E-state index contributed by atoms with van der Waals surface area (Å²) in [6, 6.07) is 10.1. The zero-order valence-electron chi connectivity index (χ0n) is 15.3. The van der Waals surface area contributed by atoms with Gasteiger partial charge in [-0.05, 0) is 51.0 Å². The first-order chi connectivity index (χ1) is 12.1. The van der Waals surface area contributed by atoms with Crippen LogP contribution in [0, 0.1) is 11.3 Å². The van der Waals surface area contributed by atoms with Gasteiger partial charge in [-0.15, -0.1) is 0 Å². The maximum absolute atomic E-state index is 12.3. The lowest BCUT2D eigenvalue weighted by molar-refractivity contribution is -0.228. The summed E-state index contributed by atoms with van der Waals surface area (Å²) in [6.07, 6.45) is 2.08. The van der Waals surface area contributed by atoms with Gasteiger partial charge >= 0.3 is 5.97 Å². The Morgan fingerprint density at radius 1 is 1.24 bits per heavy atom. The number of aliphatic hydroxyl groups excluding tert-OH is 1. The summed E-state index contributed by atoms with van der Waals surface area (Å²) < 4.78 is 16.1. The molecule has 0 radical (unpaired) electrons. The van der Waals surface area contributed by atoms with Crippen LogP contribution in [0.5, 0.6) is 0 Å². The van der Waals surface area contributed by atoms with Crippen LogP contribution >= 0.6 is 0 Å². The molecule has 1 aliphatic carbocycles. The van der Waals surface area contributed by atoms with Crippen LogP contribution in [0.25, 0.3) is 0 Å². The third-order valence-electron chi connectivity index (χ3n) is 4.80. The van der Waals surface area contributed by atoms with E-state index in [9.17, 15) is 9.90 Å². The van der Waals surface area contributed by atoms with E-state index in [-0.39, 0.29) is 5.97 Å². The van der Waals surface area contributed by atoms with Crippen molar-refractivity contribution in [2.75, 3.05) is 19.8 Å². The van der Waals surface area contributed by atoms with Gasteiger partial charge in [-0.3, -0.25) is 4.79 Å². The largest absolute Gasteiger partial charge is 0.465 e. The highest BCUT2D eigenvalue weighted by Crippen LogP contribution is 2.51. The molecule has 0 saturated heterocycles. The first-order valence-electron chi connectivity index (χ1n) is 9.21. The van der Waals surface area contributed by atoms with Crippen molar-refractivity contribution < 1.29 is 24.1 Å². The molecule has 1 N–H and O–H groups in total. The van der Waals surface area contributed by atoms with E-state index in [2.05, 4.69) is 12.1 Å². The summed E-state index contributed by atoms with van der Waals surface area (Å²) in [5, 5.41) is 10.2. The Labute approximate surface area is 150 Å². The summed E-state index contributed by atoms with van der Waals surface area (Å²) in [5.74, 6) is 0.0624. The summed E-state index contributed by atoms with van der Waals surface area (Å²) in [5.41, 5.74) is 0.286. The Morgan fingerprint density at radius 3 is 2.60 bits per heavy atom. The fourth-order valence-electron chi connectivity index (χ4n) is 3.47. The molecule has 140 valence electrons. The van der Waals surface area contributed by atoms with Crippen LogP contribution in [0.1, 0.15) is 45.1 Å². The first-order valence-corrected chi connectivity index (χ1v) is 9.21. The van der Waals surface area contributed by atoms with Crippen LogP contribution in [0.4, 0.5) is 0 Å². The van der Waals surface area contributed by atoms with E-state index in [4.69, 9.17) is 14.2 Å². The van der Waals surface area contributed by atoms with Crippen molar-refractivity contribution in [1.29, 1.82) is 0 Å². The van der Waals surface area contributed by atoms with Gasteiger partial charge < -0.3 is 19.3 Å². The van der Waals surface area contributed by atoms with Gasteiger partial charge in [-0.1, -0.05) is 30.3 Å². The number of hydrogen-bond donors (Lipinski definition) is 1. The molecular formula is C20H30O5. The number of carbonyl (C=O) groups excluding carboxylic acids is 1. The van der Waals surface area contributed by atoms with Crippen molar-refractivity contribution in [3.8, 4) is 0 Å². The highest BCUT2D eigenvalue weighted by molar-refractivity contribution is 5.78. The van der Waals surface area contributed by atoms with E-state index in [1.807, 2.05) is 25.1 Å². The second-order valence-electron chi connectivity index (χ2n) is 6.64. The lowest BCUT2D eigenvalue weighted by atomic mass is 9.60. The van der Waals surface area contributed by atoms with Gasteiger partial charge in [0.05, 0.1) is 13.2 Å². The quantitative estimate of drug-likeness (QED) is 0.377. The van der Waals surface area contributed by atoms with Crippen LogP contribution in [-0.4, -0.2) is 37.2 Å². The molecule has 5 nitrogen and oxygen atoms in total. The van der Waals surface area contributed by atoms with Gasteiger partial charge in [0.1, 0.15) is 5.41 Å². The van der Waals surface area contributed by atoms with Crippen LogP contribution in [0.15, 0.2) is 30.3 Å². The fourth-order valence-corrected chi connectivity index (χ4v) is 3.47. The van der Waals surface area contributed by atoms with E-state index in [1.165, 1.54) is 5.56 Å².